The summed E-state index contributed by atoms with van der Waals surface area (Å²) in [5, 5.41) is 10.1. The van der Waals surface area contributed by atoms with Gasteiger partial charge in [0.25, 0.3) is 11.8 Å². The smallest absolute Gasteiger partial charge is 0.335 e. The van der Waals surface area contributed by atoms with E-state index in [1.165, 1.54) is 23.2 Å². The van der Waals surface area contributed by atoms with Crippen molar-refractivity contribution in [2.75, 3.05) is 5.01 Å². The Hall–Kier alpha value is -2.68. The summed E-state index contributed by atoms with van der Waals surface area (Å²) in [6.07, 6.45) is 1.44. The molecule has 7 heteroatoms. The molecule has 1 heterocycles. The zero-order valence-corrected chi connectivity index (χ0v) is 14.4. The number of carbonyl (C=O) groups is 3. The van der Waals surface area contributed by atoms with Gasteiger partial charge in [0.15, 0.2) is 0 Å². The Balaban J connectivity index is 1.90. The summed E-state index contributed by atoms with van der Waals surface area (Å²) in [5.74, 6) is -1.99. The number of carboxylic acid groups (broad SMARTS) is 1. The molecule has 1 fully saturated rings. The molecule has 6 nitrogen and oxygen atoms in total. The van der Waals surface area contributed by atoms with Gasteiger partial charge in [0, 0.05) is 3.57 Å². The normalized spacial score (nSPS) is 15.7. The Morgan fingerprint density at radius 3 is 2.46 bits per heavy atom. The third-order valence-corrected chi connectivity index (χ3v) is 4.10. The van der Waals surface area contributed by atoms with Crippen LogP contribution in [0.1, 0.15) is 15.9 Å². The molecule has 0 aliphatic carbocycles. The van der Waals surface area contributed by atoms with Gasteiger partial charge < -0.3 is 5.11 Å². The van der Waals surface area contributed by atoms with E-state index in [0.29, 0.717) is 11.3 Å². The maximum atomic E-state index is 12.5. The number of anilines is 1. The summed E-state index contributed by atoms with van der Waals surface area (Å²) in [6.45, 7) is 0. The predicted octanol–water partition coefficient (Wildman–Crippen LogP) is 2.45. The van der Waals surface area contributed by atoms with Crippen molar-refractivity contribution in [1.82, 2.24) is 5.43 Å². The first-order chi connectivity index (χ1) is 11.5. The number of halogens is 1. The van der Waals surface area contributed by atoms with E-state index >= 15 is 0 Å². The summed E-state index contributed by atoms with van der Waals surface area (Å²) < 4.78 is 0.939. The van der Waals surface area contributed by atoms with Gasteiger partial charge in [0.05, 0.1) is 11.3 Å². The molecule has 0 unspecified atom stereocenters. The van der Waals surface area contributed by atoms with Crippen LogP contribution in [0.4, 0.5) is 5.69 Å². The average molecular weight is 434 g/mol. The zero-order chi connectivity index (χ0) is 17.3. The molecule has 1 aliphatic heterocycles. The third-order valence-electron chi connectivity index (χ3n) is 3.43. The lowest BCUT2D eigenvalue weighted by molar-refractivity contribution is -0.117. The SMILES string of the molecule is O=C1NN(c2cccc(I)c2)C(=O)C1=Cc1ccc(C(=O)O)cc1. The van der Waals surface area contributed by atoms with Gasteiger partial charge in [0.1, 0.15) is 5.57 Å². The molecule has 3 rings (SSSR count). The quantitative estimate of drug-likeness (QED) is 0.442. The molecule has 0 atom stereocenters. The zero-order valence-electron chi connectivity index (χ0n) is 12.2. The Morgan fingerprint density at radius 2 is 1.83 bits per heavy atom. The number of hydrogen-bond acceptors (Lipinski definition) is 3. The Kier molecular flexibility index (Phi) is 4.34. The second-order valence-corrected chi connectivity index (χ2v) is 6.29. The van der Waals surface area contributed by atoms with E-state index < -0.39 is 17.8 Å². The van der Waals surface area contributed by atoms with Crippen molar-refractivity contribution in [2.24, 2.45) is 0 Å². The minimum absolute atomic E-state index is 0.00284. The van der Waals surface area contributed by atoms with Crippen molar-refractivity contribution in [3.05, 3.63) is 68.8 Å². The first-order valence-electron chi connectivity index (χ1n) is 6.92. The highest BCUT2D eigenvalue weighted by atomic mass is 127. The van der Waals surface area contributed by atoms with E-state index in [1.54, 1.807) is 30.3 Å². The summed E-state index contributed by atoms with van der Waals surface area (Å²) in [4.78, 5) is 35.4. The maximum Gasteiger partial charge on any atom is 0.335 e. The highest BCUT2D eigenvalue weighted by molar-refractivity contribution is 14.1. The van der Waals surface area contributed by atoms with Gasteiger partial charge in [-0.1, -0.05) is 18.2 Å². The maximum absolute atomic E-state index is 12.5. The monoisotopic (exact) mass is 434 g/mol. The van der Waals surface area contributed by atoms with E-state index in [4.69, 9.17) is 5.11 Å². The molecule has 0 aromatic heterocycles. The van der Waals surface area contributed by atoms with Gasteiger partial charge >= 0.3 is 5.97 Å². The number of rotatable bonds is 3. The highest BCUT2D eigenvalue weighted by Gasteiger charge is 2.34. The van der Waals surface area contributed by atoms with Gasteiger partial charge in [-0.2, -0.15) is 0 Å². The second kappa shape index (κ2) is 6.44. The topological polar surface area (TPSA) is 86.7 Å². The van der Waals surface area contributed by atoms with Gasteiger partial charge in [-0.05, 0) is 64.6 Å². The van der Waals surface area contributed by atoms with Crippen LogP contribution in [-0.2, 0) is 9.59 Å². The lowest BCUT2D eigenvalue weighted by Crippen LogP contribution is -2.35. The van der Waals surface area contributed by atoms with Crippen molar-refractivity contribution in [3.8, 4) is 0 Å². The van der Waals surface area contributed by atoms with Crippen molar-refractivity contribution in [1.29, 1.82) is 0 Å². The third kappa shape index (κ3) is 3.16. The number of benzene rings is 2. The molecular weight excluding hydrogens is 423 g/mol. The van der Waals surface area contributed by atoms with Crippen LogP contribution in [0.15, 0.2) is 54.1 Å². The fourth-order valence-electron chi connectivity index (χ4n) is 2.24. The van der Waals surface area contributed by atoms with Gasteiger partial charge in [-0.25, -0.2) is 9.80 Å². The molecule has 120 valence electrons. The van der Waals surface area contributed by atoms with Crippen LogP contribution in [-0.4, -0.2) is 22.9 Å². The Bertz CT molecular complexity index is 874. The van der Waals surface area contributed by atoms with Crippen molar-refractivity contribution >= 4 is 52.1 Å². The van der Waals surface area contributed by atoms with Crippen LogP contribution in [0.3, 0.4) is 0 Å². The molecular formula is C17H11IN2O4. The number of nitrogens with one attached hydrogen (secondary N) is 1. The van der Waals surface area contributed by atoms with Crippen molar-refractivity contribution in [2.45, 2.75) is 0 Å². The van der Waals surface area contributed by atoms with E-state index in [0.717, 1.165) is 3.57 Å². The Morgan fingerprint density at radius 1 is 1.12 bits per heavy atom. The molecule has 2 aromatic carbocycles. The number of carbonyl (C=O) groups excluding carboxylic acids is 2. The lowest BCUT2D eigenvalue weighted by Gasteiger charge is -2.14. The van der Waals surface area contributed by atoms with E-state index in [9.17, 15) is 14.4 Å². The molecule has 0 bridgehead atoms. The number of hydrogen-bond donors (Lipinski definition) is 2. The van der Waals surface area contributed by atoms with Crippen molar-refractivity contribution in [3.63, 3.8) is 0 Å². The molecule has 0 radical (unpaired) electrons. The molecule has 1 aliphatic rings. The number of nitrogens with zero attached hydrogens (tertiary/aromatic N) is 1. The first-order valence-corrected chi connectivity index (χ1v) is 7.99. The summed E-state index contributed by atoms with van der Waals surface area (Å²) >= 11 is 2.12. The minimum atomic E-state index is -1.03. The molecule has 0 spiro atoms. The molecule has 24 heavy (non-hydrogen) atoms. The fourth-order valence-corrected chi connectivity index (χ4v) is 2.77. The van der Waals surface area contributed by atoms with Crippen LogP contribution in [0.2, 0.25) is 0 Å². The number of aromatic carboxylic acids is 1. The fraction of sp³-hybridized carbons (Fsp3) is 0. The summed E-state index contributed by atoms with van der Waals surface area (Å²) in [7, 11) is 0. The van der Waals surface area contributed by atoms with E-state index in [1.807, 2.05) is 6.07 Å². The van der Waals surface area contributed by atoms with Crippen LogP contribution in [0.25, 0.3) is 6.08 Å². The number of amides is 2. The van der Waals surface area contributed by atoms with Gasteiger partial charge in [0.2, 0.25) is 0 Å². The first kappa shape index (κ1) is 16.2. The highest BCUT2D eigenvalue weighted by Crippen LogP contribution is 2.23. The standard InChI is InChI=1S/C17H11IN2O4/c18-12-2-1-3-13(9-12)20-16(22)14(15(21)19-20)8-10-4-6-11(7-5-10)17(23)24/h1-9H,(H,19,21)(H,23,24). The second-order valence-electron chi connectivity index (χ2n) is 5.05. The van der Waals surface area contributed by atoms with Gasteiger partial charge in [-0.15, -0.1) is 0 Å². The van der Waals surface area contributed by atoms with Crippen LogP contribution in [0, 0.1) is 3.57 Å². The van der Waals surface area contributed by atoms with Crippen LogP contribution >= 0.6 is 22.6 Å². The molecule has 2 amide bonds. The average Bonchev–Trinajstić information content (AvgIpc) is 2.83. The summed E-state index contributed by atoms with van der Waals surface area (Å²) in [6, 6.07) is 13.1. The molecule has 2 N–H and O–H groups in total. The number of hydrazine groups is 1. The lowest BCUT2D eigenvalue weighted by atomic mass is 10.1. The minimum Gasteiger partial charge on any atom is -0.478 e. The van der Waals surface area contributed by atoms with Crippen LogP contribution < -0.4 is 10.4 Å². The summed E-state index contributed by atoms with van der Waals surface area (Å²) in [5.41, 5.74) is 3.81. The van der Waals surface area contributed by atoms with E-state index in [-0.39, 0.29) is 11.1 Å². The Labute approximate surface area is 150 Å². The molecule has 1 saturated heterocycles. The number of carboxylic acids is 1. The van der Waals surface area contributed by atoms with Crippen molar-refractivity contribution < 1.29 is 19.5 Å². The van der Waals surface area contributed by atoms with Crippen LogP contribution in [0.5, 0.6) is 0 Å². The molecule has 2 aromatic rings. The van der Waals surface area contributed by atoms with Gasteiger partial charge in [-0.3, -0.25) is 15.0 Å². The van der Waals surface area contributed by atoms with E-state index in [2.05, 4.69) is 28.0 Å². The predicted molar refractivity (Wildman–Crippen MR) is 96.2 cm³/mol. The largest absolute Gasteiger partial charge is 0.478 e. The molecule has 0 saturated carbocycles.